The molecule has 0 saturated carbocycles. The number of nitrogens with one attached hydrogen (secondary N) is 1. The maximum atomic E-state index is 12.9. The van der Waals surface area contributed by atoms with E-state index in [-0.39, 0.29) is 11.4 Å². The molecule has 1 N–H and O–H groups in total. The monoisotopic (exact) mass is 446 g/mol. The molecule has 11 heteroatoms. The average Bonchev–Trinajstić information content (AvgIpc) is 3.27. The van der Waals surface area contributed by atoms with Crippen molar-refractivity contribution in [3.05, 3.63) is 81.0 Å². The molecular formula is C20H13F3N4O3S. The lowest BCUT2D eigenvalue weighted by molar-refractivity contribution is -0.384. The van der Waals surface area contributed by atoms with Gasteiger partial charge in [0.25, 0.3) is 11.6 Å². The summed E-state index contributed by atoms with van der Waals surface area (Å²) >= 11 is 1.07. The van der Waals surface area contributed by atoms with Crippen molar-refractivity contribution in [2.75, 3.05) is 5.32 Å². The van der Waals surface area contributed by atoms with Crippen molar-refractivity contribution in [3.63, 3.8) is 0 Å². The Morgan fingerprint density at radius 2 is 1.94 bits per heavy atom. The van der Waals surface area contributed by atoms with Crippen LogP contribution in [0.1, 0.15) is 20.9 Å². The van der Waals surface area contributed by atoms with Crippen LogP contribution in [-0.4, -0.2) is 20.2 Å². The number of hydrogen-bond acceptors (Lipinski definition) is 5. The molecule has 0 aliphatic heterocycles. The van der Waals surface area contributed by atoms with Crippen LogP contribution < -0.4 is 5.32 Å². The smallest absolute Gasteiger partial charge is 0.321 e. The number of aromatic nitrogens is 2. The minimum absolute atomic E-state index is 0.0301. The first kappa shape index (κ1) is 20.5. The van der Waals surface area contributed by atoms with E-state index in [0.717, 1.165) is 23.5 Å². The molecule has 0 saturated heterocycles. The summed E-state index contributed by atoms with van der Waals surface area (Å²) in [6, 6.07) is 10.4. The number of alkyl halides is 3. The van der Waals surface area contributed by atoms with E-state index in [2.05, 4.69) is 10.3 Å². The van der Waals surface area contributed by atoms with E-state index in [0.29, 0.717) is 26.8 Å². The molecule has 158 valence electrons. The number of halogens is 3. The molecule has 0 atom stereocenters. The Morgan fingerprint density at radius 1 is 1.19 bits per heavy atom. The largest absolute Gasteiger partial charge is 0.416 e. The zero-order valence-electron chi connectivity index (χ0n) is 15.8. The number of non-ortho nitro benzene ring substituents is 1. The molecule has 0 spiro atoms. The summed E-state index contributed by atoms with van der Waals surface area (Å²) in [5, 5.41) is 13.5. The molecule has 2 aromatic heterocycles. The Bertz CT molecular complexity index is 1330. The van der Waals surface area contributed by atoms with Crippen molar-refractivity contribution >= 4 is 33.6 Å². The van der Waals surface area contributed by atoms with Gasteiger partial charge < -0.3 is 5.32 Å². The molecule has 0 aliphatic rings. The number of nitro benzene ring substituents is 1. The second-order valence-electron chi connectivity index (χ2n) is 6.64. The maximum absolute atomic E-state index is 12.9. The zero-order valence-corrected chi connectivity index (χ0v) is 16.6. The second kappa shape index (κ2) is 7.51. The van der Waals surface area contributed by atoms with Gasteiger partial charge in [-0.15, -0.1) is 0 Å². The highest BCUT2D eigenvalue weighted by Crippen LogP contribution is 2.32. The first-order valence-corrected chi connectivity index (χ1v) is 9.67. The zero-order chi connectivity index (χ0) is 22.3. The summed E-state index contributed by atoms with van der Waals surface area (Å²) in [6.45, 7) is 1.68. The van der Waals surface area contributed by atoms with E-state index in [1.54, 1.807) is 29.7 Å². The first-order valence-electron chi connectivity index (χ1n) is 8.85. The fraction of sp³-hybridized carbons (Fsp3) is 0.100. The number of amides is 1. The molecule has 0 unspecified atom stereocenters. The number of nitro groups is 1. The number of fused-ring (bicyclic) bond motifs is 1. The Hall–Kier alpha value is -3.73. The molecule has 2 heterocycles. The van der Waals surface area contributed by atoms with Gasteiger partial charge in [0.15, 0.2) is 4.96 Å². The van der Waals surface area contributed by atoms with Crippen molar-refractivity contribution in [2.24, 2.45) is 0 Å². The number of imidazole rings is 1. The lowest BCUT2D eigenvalue weighted by Crippen LogP contribution is -2.13. The first-order chi connectivity index (χ1) is 14.6. The molecule has 0 radical (unpaired) electrons. The normalized spacial score (nSPS) is 11.6. The van der Waals surface area contributed by atoms with Gasteiger partial charge in [-0.1, -0.05) is 29.5 Å². The van der Waals surface area contributed by atoms with Crippen LogP contribution in [0.4, 0.5) is 24.5 Å². The number of hydrogen-bond donors (Lipinski definition) is 1. The van der Waals surface area contributed by atoms with Gasteiger partial charge in [-0.2, -0.15) is 13.2 Å². The Balaban J connectivity index is 1.62. The second-order valence-corrected chi connectivity index (χ2v) is 7.61. The fourth-order valence-corrected chi connectivity index (χ4v) is 4.04. The van der Waals surface area contributed by atoms with Gasteiger partial charge in [0.2, 0.25) is 0 Å². The summed E-state index contributed by atoms with van der Waals surface area (Å²) in [7, 11) is 0. The van der Waals surface area contributed by atoms with Gasteiger partial charge >= 0.3 is 6.18 Å². The van der Waals surface area contributed by atoms with Crippen molar-refractivity contribution in [3.8, 4) is 11.3 Å². The Labute approximate surface area is 176 Å². The number of rotatable bonds is 4. The van der Waals surface area contributed by atoms with E-state index < -0.39 is 22.6 Å². The predicted molar refractivity (Wildman–Crippen MR) is 109 cm³/mol. The van der Waals surface area contributed by atoms with Crippen LogP contribution in [0, 0.1) is 17.0 Å². The number of thiazole rings is 1. The highest BCUT2D eigenvalue weighted by atomic mass is 32.1. The third kappa shape index (κ3) is 3.99. The number of carbonyl (C=O) groups is 1. The van der Waals surface area contributed by atoms with E-state index in [9.17, 15) is 28.1 Å². The molecular weight excluding hydrogens is 433 g/mol. The van der Waals surface area contributed by atoms with E-state index in [1.807, 2.05) is 0 Å². The van der Waals surface area contributed by atoms with E-state index >= 15 is 0 Å². The number of anilines is 1. The number of aryl methyl sites for hydroxylation is 1. The van der Waals surface area contributed by atoms with Gasteiger partial charge in [0, 0.05) is 35.3 Å². The van der Waals surface area contributed by atoms with Crippen molar-refractivity contribution in [1.29, 1.82) is 0 Å². The minimum Gasteiger partial charge on any atom is -0.321 e. The molecule has 2 aromatic carbocycles. The van der Waals surface area contributed by atoms with Crippen LogP contribution in [0.25, 0.3) is 16.2 Å². The summed E-state index contributed by atoms with van der Waals surface area (Å²) in [5.74, 6) is -0.552. The molecule has 31 heavy (non-hydrogen) atoms. The van der Waals surface area contributed by atoms with E-state index in [1.165, 1.54) is 24.3 Å². The lowest BCUT2D eigenvalue weighted by atomic mass is 10.1. The maximum Gasteiger partial charge on any atom is 0.416 e. The highest BCUT2D eigenvalue weighted by Gasteiger charge is 2.30. The third-order valence-electron chi connectivity index (χ3n) is 4.56. The number of carbonyl (C=O) groups excluding carboxylic acids is 1. The summed E-state index contributed by atoms with van der Waals surface area (Å²) in [5.41, 5.74) is 0.717. The van der Waals surface area contributed by atoms with Crippen LogP contribution in [-0.2, 0) is 6.18 Å². The topological polar surface area (TPSA) is 89.5 Å². The average molecular weight is 446 g/mol. The molecule has 0 aliphatic carbocycles. The van der Waals surface area contributed by atoms with Gasteiger partial charge in [0.1, 0.15) is 4.88 Å². The predicted octanol–water partition coefficient (Wildman–Crippen LogP) is 5.55. The molecule has 1 amide bonds. The molecule has 0 fully saturated rings. The van der Waals surface area contributed by atoms with Crippen LogP contribution in [0.15, 0.2) is 54.7 Å². The third-order valence-corrected chi connectivity index (χ3v) is 5.72. The van der Waals surface area contributed by atoms with Crippen LogP contribution in [0.3, 0.4) is 0 Å². The SMILES string of the molecule is Cc1c(C(=O)Nc2cccc(C(F)(F)F)c2)sc2nc(-c3cccc([N+](=O)[O-])c3)cn12. The van der Waals surface area contributed by atoms with Crippen LogP contribution in [0.2, 0.25) is 0 Å². The lowest BCUT2D eigenvalue weighted by Gasteiger charge is -2.09. The molecule has 4 rings (SSSR count). The summed E-state index contributed by atoms with van der Waals surface area (Å²) < 4.78 is 40.3. The minimum atomic E-state index is -4.51. The van der Waals surface area contributed by atoms with Crippen molar-refractivity contribution < 1.29 is 22.9 Å². The number of benzene rings is 2. The molecule has 0 bridgehead atoms. The quantitative estimate of drug-likeness (QED) is 0.329. The standard InChI is InChI=1S/C20H13F3N4O3S/c1-11-17(18(28)24-14-6-3-5-13(9-14)20(21,22)23)31-19-25-16(10-26(11)19)12-4-2-7-15(8-12)27(29)30/h2-10H,1H3,(H,24,28). The summed E-state index contributed by atoms with van der Waals surface area (Å²) in [4.78, 5) is 28.3. The van der Waals surface area contributed by atoms with Crippen LogP contribution >= 0.6 is 11.3 Å². The van der Waals surface area contributed by atoms with E-state index in [4.69, 9.17) is 0 Å². The molecule has 7 nitrogen and oxygen atoms in total. The van der Waals surface area contributed by atoms with Gasteiger partial charge in [-0.3, -0.25) is 19.3 Å². The molecule has 4 aromatic rings. The van der Waals surface area contributed by atoms with Crippen molar-refractivity contribution in [1.82, 2.24) is 9.38 Å². The fourth-order valence-electron chi connectivity index (χ4n) is 3.04. The van der Waals surface area contributed by atoms with Gasteiger partial charge in [0.05, 0.1) is 16.2 Å². The van der Waals surface area contributed by atoms with Crippen LogP contribution in [0.5, 0.6) is 0 Å². The Kier molecular flexibility index (Phi) is 4.97. The highest BCUT2D eigenvalue weighted by molar-refractivity contribution is 7.19. The summed E-state index contributed by atoms with van der Waals surface area (Å²) in [6.07, 6.45) is -2.86. The number of nitrogens with zero attached hydrogens (tertiary/aromatic N) is 3. The van der Waals surface area contributed by atoms with Crippen molar-refractivity contribution in [2.45, 2.75) is 13.1 Å². The van der Waals surface area contributed by atoms with Gasteiger partial charge in [-0.05, 0) is 25.1 Å². The Morgan fingerprint density at radius 3 is 2.61 bits per heavy atom. The van der Waals surface area contributed by atoms with Gasteiger partial charge in [-0.25, -0.2) is 4.98 Å².